The number of carbonyl (C=O) groups excluding carboxylic acids is 2. The van der Waals surface area contributed by atoms with Gasteiger partial charge in [-0.3, -0.25) is 19.8 Å². The van der Waals surface area contributed by atoms with Crippen LogP contribution < -0.4 is 25.2 Å². The van der Waals surface area contributed by atoms with E-state index in [4.69, 9.17) is 0 Å². The van der Waals surface area contributed by atoms with Crippen molar-refractivity contribution in [1.29, 1.82) is 0 Å². The number of sulfonamides is 1. The highest BCUT2D eigenvalue weighted by molar-refractivity contribution is 7.89. The third-order valence-corrected chi connectivity index (χ3v) is 13.4. The number of piperidine rings is 2. The molecule has 1 aliphatic carbocycles. The molecular weight excluding hydrogens is 800 g/mol. The van der Waals surface area contributed by atoms with Gasteiger partial charge in [0.1, 0.15) is 27.9 Å². The number of piperazine rings is 1. The number of hydrogen-bond donors (Lipinski definition) is 4. The third-order valence-electron chi connectivity index (χ3n) is 11.9. The first-order valence-corrected chi connectivity index (χ1v) is 21.4. The van der Waals surface area contributed by atoms with Crippen LogP contribution >= 0.6 is 0 Å². The van der Waals surface area contributed by atoms with Gasteiger partial charge in [-0.2, -0.15) is 18.2 Å². The van der Waals surface area contributed by atoms with E-state index in [9.17, 15) is 36.3 Å². The van der Waals surface area contributed by atoms with Gasteiger partial charge < -0.3 is 20.2 Å². The molecule has 0 spiro atoms. The molecule has 2 atom stereocenters. The molecule has 4 heterocycles. The quantitative estimate of drug-likeness (QED) is 0.154. The largest absolute Gasteiger partial charge is 0.421 e. The molecule has 59 heavy (non-hydrogen) atoms. The third kappa shape index (κ3) is 9.95. The van der Waals surface area contributed by atoms with Crippen LogP contribution in [-0.4, -0.2) is 97.7 Å². The molecule has 3 saturated heterocycles. The summed E-state index contributed by atoms with van der Waals surface area (Å²) in [7, 11) is -4.27. The molecule has 7 rings (SSSR count). The zero-order valence-electron chi connectivity index (χ0n) is 32.9. The standard InChI is InChI=1S/C40H49F5N8O5S/c1-24-18-34(32(42)20-33(24)47-38-46-21-30(40(43,44)45)36(49-38)53-13-3-12-39(2,56)23-53)59(57,58)50-26-6-4-25(5-7-26)22-51-14-16-52(17-15-51)27-8-9-28(31(41)19-27)29-10-11-35(54)48-37(29)55/h8-9,18-21,25-26,29,50,56H,3-7,10-17,22-23H2,1-2H3,(H,46,47,49)(H,48,54,55)/t25?,26?,29?,39-/m0/s1. The van der Waals surface area contributed by atoms with Crippen LogP contribution in [0.4, 0.5) is 45.1 Å². The molecule has 4 aliphatic rings. The van der Waals surface area contributed by atoms with E-state index in [0.717, 1.165) is 44.2 Å². The Morgan fingerprint density at radius 1 is 0.966 bits per heavy atom. The fourth-order valence-electron chi connectivity index (χ4n) is 8.68. The Kier molecular flexibility index (Phi) is 12.2. The SMILES string of the molecule is Cc1cc(S(=O)(=O)NC2CCC(CN3CCN(c4ccc(C5CCC(=O)NC5=O)c(F)c4)CC3)CC2)c(F)cc1Nc1ncc(C(F)(F)F)c(N2CCC[C@](C)(O)C2)n1. The van der Waals surface area contributed by atoms with Gasteiger partial charge >= 0.3 is 6.18 Å². The van der Waals surface area contributed by atoms with Gasteiger partial charge in [-0.1, -0.05) is 6.07 Å². The number of nitrogens with one attached hydrogen (secondary N) is 3. The van der Waals surface area contributed by atoms with E-state index in [2.05, 4.69) is 35.1 Å². The first-order chi connectivity index (χ1) is 27.8. The first kappa shape index (κ1) is 42.7. The summed E-state index contributed by atoms with van der Waals surface area (Å²) in [4.78, 5) is 36.9. The number of imide groups is 1. The second-order valence-electron chi connectivity index (χ2n) is 16.5. The van der Waals surface area contributed by atoms with Gasteiger partial charge in [0.05, 0.1) is 11.5 Å². The van der Waals surface area contributed by atoms with Crippen molar-refractivity contribution in [1.82, 2.24) is 24.9 Å². The van der Waals surface area contributed by atoms with Crippen molar-refractivity contribution in [3.05, 3.63) is 64.9 Å². The molecule has 13 nitrogen and oxygen atoms in total. The predicted molar refractivity (Wildman–Crippen MR) is 210 cm³/mol. The lowest BCUT2D eigenvalue weighted by molar-refractivity contribution is -0.138. The van der Waals surface area contributed by atoms with Crippen LogP contribution in [0.25, 0.3) is 0 Å². The van der Waals surface area contributed by atoms with Crippen molar-refractivity contribution in [2.24, 2.45) is 5.92 Å². The smallest absolute Gasteiger partial charge is 0.388 e. The molecule has 1 aromatic heterocycles. The second-order valence-corrected chi connectivity index (χ2v) is 18.2. The van der Waals surface area contributed by atoms with Crippen LogP contribution in [0.3, 0.4) is 0 Å². The highest BCUT2D eigenvalue weighted by Gasteiger charge is 2.40. The van der Waals surface area contributed by atoms with E-state index in [1.165, 1.54) is 24.0 Å². The van der Waals surface area contributed by atoms with Gasteiger partial charge in [0.15, 0.2) is 0 Å². The summed E-state index contributed by atoms with van der Waals surface area (Å²) in [6.45, 7) is 6.99. The van der Waals surface area contributed by atoms with Crippen LogP contribution in [0.1, 0.15) is 80.9 Å². The summed E-state index contributed by atoms with van der Waals surface area (Å²) in [5, 5.41) is 15.5. The van der Waals surface area contributed by atoms with E-state index >= 15 is 8.78 Å². The van der Waals surface area contributed by atoms with E-state index < -0.39 is 67.6 Å². The fraction of sp³-hybridized carbons (Fsp3) is 0.550. The molecule has 3 aliphatic heterocycles. The van der Waals surface area contributed by atoms with Crippen molar-refractivity contribution in [3.63, 3.8) is 0 Å². The molecular formula is C40H49F5N8O5S. The van der Waals surface area contributed by atoms with Crippen LogP contribution in [-0.2, 0) is 25.8 Å². The number of aryl methyl sites for hydroxylation is 1. The Morgan fingerprint density at radius 3 is 2.36 bits per heavy atom. The Morgan fingerprint density at radius 2 is 1.69 bits per heavy atom. The van der Waals surface area contributed by atoms with Crippen LogP contribution in [0.2, 0.25) is 0 Å². The maximum absolute atomic E-state index is 15.5. The number of nitrogens with zero attached hydrogens (tertiary/aromatic N) is 5. The number of aromatic nitrogens is 2. The van der Waals surface area contributed by atoms with Gasteiger partial charge in [-0.05, 0) is 94.5 Å². The molecule has 4 fully saturated rings. The molecule has 320 valence electrons. The van der Waals surface area contributed by atoms with Crippen molar-refractivity contribution in [2.75, 3.05) is 60.9 Å². The topological polar surface area (TPSA) is 160 Å². The summed E-state index contributed by atoms with van der Waals surface area (Å²) in [5.74, 6) is -3.35. The van der Waals surface area contributed by atoms with Crippen LogP contribution in [0, 0.1) is 24.5 Å². The summed E-state index contributed by atoms with van der Waals surface area (Å²) in [5.41, 5.74) is -0.886. The van der Waals surface area contributed by atoms with Gasteiger partial charge in [0.2, 0.25) is 27.8 Å². The number of aliphatic hydroxyl groups is 1. The molecule has 1 saturated carbocycles. The summed E-state index contributed by atoms with van der Waals surface area (Å²) in [6.07, 6.45) is -0.110. The number of halogens is 5. The zero-order valence-corrected chi connectivity index (χ0v) is 33.7. The molecule has 19 heteroatoms. The van der Waals surface area contributed by atoms with Crippen molar-refractivity contribution in [3.8, 4) is 0 Å². The fourth-order valence-corrected chi connectivity index (χ4v) is 10.1. The van der Waals surface area contributed by atoms with Crippen molar-refractivity contribution >= 4 is 45.0 Å². The van der Waals surface area contributed by atoms with Gasteiger partial charge in [-0.15, -0.1) is 0 Å². The average Bonchev–Trinajstić information content (AvgIpc) is 3.16. The minimum absolute atomic E-state index is 0.0716. The maximum atomic E-state index is 15.5. The van der Waals surface area contributed by atoms with Gasteiger partial charge in [-0.25, -0.2) is 26.9 Å². The Labute approximate surface area is 339 Å². The summed E-state index contributed by atoms with van der Waals surface area (Å²) >= 11 is 0. The van der Waals surface area contributed by atoms with Crippen LogP contribution in [0.5, 0.6) is 0 Å². The minimum atomic E-state index is -4.76. The minimum Gasteiger partial charge on any atom is -0.388 e. The van der Waals surface area contributed by atoms with Gasteiger partial charge in [0, 0.05) is 81.4 Å². The highest BCUT2D eigenvalue weighted by atomic mass is 32.2. The van der Waals surface area contributed by atoms with Crippen molar-refractivity contribution < 1.29 is 45.1 Å². The summed E-state index contributed by atoms with van der Waals surface area (Å²) in [6, 6.07) is 6.63. The number of amides is 2. The van der Waals surface area contributed by atoms with E-state index in [-0.39, 0.29) is 49.0 Å². The number of rotatable bonds is 10. The molecule has 0 radical (unpaired) electrons. The predicted octanol–water partition coefficient (Wildman–Crippen LogP) is 5.36. The second kappa shape index (κ2) is 16.9. The molecule has 4 N–H and O–H groups in total. The van der Waals surface area contributed by atoms with E-state index in [1.54, 1.807) is 13.0 Å². The number of benzene rings is 2. The van der Waals surface area contributed by atoms with E-state index in [0.29, 0.717) is 56.5 Å². The zero-order chi connectivity index (χ0) is 42.3. The lowest BCUT2D eigenvalue weighted by Crippen LogP contribution is -2.48. The monoisotopic (exact) mass is 848 g/mol. The number of alkyl halides is 3. The number of β-amino-alcohol motifs (C(OH)–C–C–N with tert-alkyl or cyclic N) is 1. The molecule has 2 aromatic carbocycles. The number of hydrogen-bond acceptors (Lipinski definition) is 11. The Hall–Kier alpha value is -4.46. The molecule has 2 amide bonds. The lowest BCUT2D eigenvalue weighted by atomic mass is 9.86. The molecule has 1 unspecified atom stereocenters. The maximum Gasteiger partial charge on any atom is 0.421 e. The normalized spacial score (nSPS) is 24.9. The highest BCUT2D eigenvalue weighted by Crippen LogP contribution is 2.38. The first-order valence-electron chi connectivity index (χ1n) is 20.0. The number of carbonyl (C=O) groups is 2. The lowest BCUT2D eigenvalue weighted by Gasteiger charge is -2.39. The summed E-state index contributed by atoms with van der Waals surface area (Å²) < 4.78 is 102. The number of anilines is 4. The molecule has 3 aromatic rings. The average molecular weight is 849 g/mol. The molecule has 0 bridgehead atoms. The Balaban J connectivity index is 0.909. The Bertz CT molecular complexity index is 2180. The van der Waals surface area contributed by atoms with Crippen molar-refractivity contribution in [2.45, 2.75) is 93.8 Å². The van der Waals surface area contributed by atoms with E-state index in [1.807, 2.05) is 6.07 Å². The van der Waals surface area contributed by atoms with Gasteiger partial charge in [0.25, 0.3) is 0 Å². The van der Waals surface area contributed by atoms with Crippen LogP contribution in [0.15, 0.2) is 41.4 Å².